The van der Waals surface area contributed by atoms with Crippen molar-refractivity contribution in [3.05, 3.63) is 11.9 Å². The molecule has 2 heterocycles. The number of aromatic nitrogens is 3. The summed E-state index contributed by atoms with van der Waals surface area (Å²) in [5, 5.41) is 14.6. The van der Waals surface area contributed by atoms with Gasteiger partial charge in [0.25, 0.3) is 5.91 Å². The summed E-state index contributed by atoms with van der Waals surface area (Å²) in [5.74, 6) is -0.117. The second kappa shape index (κ2) is 7.40. The van der Waals surface area contributed by atoms with E-state index in [2.05, 4.69) is 20.9 Å². The molecule has 0 atom stereocenters. The van der Waals surface area contributed by atoms with Crippen LogP contribution in [0.15, 0.2) is 6.20 Å². The van der Waals surface area contributed by atoms with E-state index in [1.165, 1.54) is 19.3 Å². The molecule has 0 radical (unpaired) electrons. The lowest BCUT2D eigenvalue weighted by Crippen LogP contribution is -2.43. The van der Waals surface area contributed by atoms with Crippen LogP contribution in [0.25, 0.3) is 0 Å². The summed E-state index contributed by atoms with van der Waals surface area (Å²) < 4.78 is 7.04. The summed E-state index contributed by atoms with van der Waals surface area (Å²) in [6, 6.07) is 0.352. The maximum atomic E-state index is 12.3. The fourth-order valence-electron chi connectivity index (χ4n) is 3.50. The van der Waals surface area contributed by atoms with Gasteiger partial charge in [0.05, 0.1) is 12.2 Å². The van der Waals surface area contributed by atoms with Crippen molar-refractivity contribution in [2.75, 3.05) is 33.4 Å². The van der Waals surface area contributed by atoms with E-state index < -0.39 is 0 Å². The first-order valence-electron chi connectivity index (χ1n) is 8.62. The van der Waals surface area contributed by atoms with Gasteiger partial charge in [0.15, 0.2) is 5.69 Å². The molecule has 0 spiro atoms. The van der Waals surface area contributed by atoms with E-state index in [4.69, 9.17) is 4.74 Å². The summed E-state index contributed by atoms with van der Waals surface area (Å²) in [4.78, 5) is 12.3. The number of amides is 1. The zero-order chi connectivity index (χ0) is 16.1. The van der Waals surface area contributed by atoms with Crippen LogP contribution >= 0.6 is 0 Å². The average Bonchev–Trinajstić information content (AvgIpc) is 3.04. The van der Waals surface area contributed by atoms with E-state index in [1.807, 2.05) is 4.68 Å². The minimum atomic E-state index is -0.117. The second-order valence-electron chi connectivity index (χ2n) is 6.84. The Kier molecular flexibility index (Phi) is 5.27. The van der Waals surface area contributed by atoms with Crippen LogP contribution in [0, 0.1) is 5.41 Å². The largest absolute Gasteiger partial charge is 0.385 e. The van der Waals surface area contributed by atoms with Crippen LogP contribution in [0.3, 0.4) is 0 Å². The van der Waals surface area contributed by atoms with Crippen molar-refractivity contribution in [3.63, 3.8) is 0 Å². The van der Waals surface area contributed by atoms with Crippen LogP contribution in [-0.2, 0) is 4.74 Å². The first-order valence-corrected chi connectivity index (χ1v) is 8.62. The van der Waals surface area contributed by atoms with Crippen molar-refractivity contribution in [1.29, 1.82) is 0 Å². The Labute approximate surface area is 137 Å². The summed E-state index contributed by atoms with van der Waals surface area (Å²) in [6.07, 6.45) is 8.43. The molecule has 128 valence electrons. The van der Waals surface area contributed by atoms with Gasteiger partial charge >= 0.3 is 0 Å². The predicted molar refractivity (Wildman–Crippen MR) is 86.3 cm³/mol. The molecule has 1 aromatic heterocycles. The highest BCUT2D eigenvalue weighted by atomic mass is 16.5. The zero-order valence-corrected chi connectivity index (χ0v) is 13.9. The summed E-state index contributed by atoms with van der Waals surface area (Å²) in [7, 11) is 1.73. The predicted octanol–water partition coefficient (Wildman–Crippen LogP) is 1.14. The van der Waals surface area contributed by atoms with Gasteiger partial charge in [-0.25, -0.2) is 4.68 Å². The number of piperidine rings is 1. The average molecular weight is 321 g/mol. The van der Waals surface area contributed by atoms with Crippen LogP contribution in [0.1, 0.15) is 55.1 Å². The van der Waals surface area contributed by atoms with Gasteiger partial charge < -0.3 is 15.4 Å². The van der Waals surface area contributed by atoms with E-state index in [1.54, 1.807) is 13.3 Å². The summed E-state index contributed by atoms with van der Waals surface area (Å²) >= 11 is 0. The molecule has 1 aliphatic heterocycles. The Morgan fingerprint density at radius 3 is 2.91 bits per heavy atom. The SMILES string of the molecule is COCCC1(CNC(=O)c2cn(C3CCNCC3)nn2)CCC1. The fourth-order valence-corrected chi connectivity index (χ4v) is 3.50. The number of nitrogens with one attached hydrogen (secondary N) is 2. The first-order chi connectivity index (χ1) is 11.2. The highest BCUT2D eigenvalue weighted by Gasteiger charge is 2.36. The normalized spacial score (nSPS) is 20.9. The van der Waals surface area contributed by atoms with Gasteiger partial charge in [-0.05, 0) is 50.6 Å². The smallest absolute Gasteiger partial charge is 0.273 e. The lowest BCUT2D eigenvalue weighted by atomic mass is 9.67. The van der Waals surface area contributed by atoms with Gasteiger partial charge in [-0.1, -0.05) is 11.6 Å². The van der Waals surface area contributed by atoms with E-state index in [9.17, 15) is 4.79 Å². The molecule has 1 aliphatic carbocycles. The number of carbonyl (C=O) groups excluding carboxylic acids is 1. The van der Waals surface area contributed by atoms with Crippen molar-refractivity contribution in [2.45, 2.75) is 44.6 Å². The number of hydrogen-bond donors (Lipinski definition) is 2. The van der Waals surface area contributed by atoms with Crippen molar-refractivity contribution in [1.82, 2.24) is 25.6 Å². The topological polar surface area (TPSA) is 81.1 Å². The summed E-state index contributed by atoms with van der Waals surface area (Å²) in [5.41, 5.74) is 0.640. The van der Waals surface area contributed by atoms with Gasteiger partial charge in [0.1, 0.15) is 0 Å². The highest BCUT2D eigenvalue weighted by molar-refractivity contribution is 5.91. The molecule has 23 heavy (non-hydrogen) atoms. The van der Waals surface area contributed by atoms with Gasteiger partial charge in [0, 0.05) is 20.3 Å². The first kappa shape index (κ1) is 16.4. The molecule has 1 saturated carbocycles. The Balaban J connectivity index is 1.53. The molecule has 1 aromatic rings. The molecule has 0 unspecified atom stereocenters. The molecule has 7 heteroatoms. The number of rotatable bonds is 7. The number of nitrogens with zero attached hydrogens (tertiary/aromatic N) is 3. The molecule has 0 aromatic carbocycles. The fraction of sp³-hybridized carbons (Fsp3) is 0.812. The van der Waals surface area contributed by atoms with Crippen molar-refractivity contribution < 1.29 is 9.53 Å². The standard InChI is InChI=1S/C16H27N5O2/c1-23-10-7-16(5-2-6-16)12-18-15(22)14-11-21(20-19-14)13-3-8-17-9-4-13/h11,13,17H,2-10,12H2,1H3,(H,18,22). The Hall–Kier alpha value is -1.47. The molecule has 7 nitrogen and oxygen atoms in total. The third-order valence-electron chi connectivity index (χ3n) is 5.30. The Bertz CT molecular complexity index is 520. The van der Waals surface area contributed by atoms with Gasteiger partial charge in [-0.15, -0.1) is 5.10 Å². The molecule has 1 amide bonds. The van der Waals surface area contributed by atoms with Crippen molar-refractivity contribution >= 4 is 5.91 Å². The molecule has 2 fully saturated rings. The third kappa shape index (κ3) is 3.90. The van der Waals surface area contributed by atoms with E-state index in [0.29, 0.717) is 18.3 Å². The summed E-state index contributed by atoms with van der Waals surface area (Å²) in [6.45, 7) is 3.44. The van der Waals surface area contributed by atoms with Crippen molar-refractivity contribution in [2.24, 2.45) is 5.41 Å². The van der Waals surface area contributed by atoms with E-state index in [0.717, 1.165) is 39.0 Å². The van der Waals surface area contributed by atoms with E-state index in [-0.39, 0.29) is 11.3 Å². The monoisotopic (exact) mass is 321 g/mol. The molecule has 0 bridgehead atoms. The zero-order valence-electron chi connectivity index (χ0n) is 13.9. The molecule has 3 rings (SSSR count). The number of hydrogen-bond acceptors (Lipinski definition) is 5. The Morgan fingerprint density at radius 1 is 1.48 bits per heavy atom. The molecule has 1 saturated heterocycles. The van der Waals surface area contributed by atoms with Crippen LogP contribution in [0.5, 0.6) is 0 Å². The highest BCUT2D eigenvalue weighted by Crippen LogP contribution is 2.43. The van der Waals surface area contributed by atoms with Crippen LogP contribution in [-0.4, -0.2) is 54.3 Å². The van der Waals surface area contributed by atoms with Gasteiger partial charge in [-0.3, -0.25) is 4.79 Å². The minimum absolute atomic E-state index is 0.117. The molecule has 2 aliphatic rings. The molecule has 2 N–H and O–H groups in total. The second-order valence-corrected chi connectivity index (χ2v) is 6.84. The quantitative estimate of drug-likeness (QED) is 0.787. The lowest BCUT2D eigenvalue weighted by Gasteiger charge is -2.42. The van der Waals surface area contributed by atoms with Gasteiger partial charge in [-0.2, -0.15) is 0 Å². The molecular formula is C16H27N5O2. The minimum Gasteiger partial charge on any atom is -0.385 e. The van der Waals surface area contributed by atoms with Crippen LogP contribution in [0.4, 0.5) is 0 Å². The number of ether oxygens (including phenoxy) is 1. The number of methoxy groups -OCH3 is 1. The van der Waals surface area contributed by atoms with Crippen LogP contribution in [0.2, 0.25) is 0 Å². The van der Waals surface area contributed by atoms with Crippen LogP contribution < -0.4 is 10.6 Å². The molecular weight excluding hydrogens is 294 g/mol. The Morgan fingerprint density at radius 2 is 2.26 bits per heavy atom. The van der Waals surface area contributed by atoms with Crippen molar-refractivity contribution in [3.8, 4) is 0 Å². The maximum Gasteiger partial charge on any atom is 0.273 e. The number of carbonyl (C=O) groups is 1. The van der Waals surface area contributed by atoms with Gasteiger partial charge in [0.2, 0.25) is 0 Å². The maximum absolute atomic E-state index is 12.3. The third-order valence-corrected chi connectivity index (χ3v) is 5.30. The lowest BCUT2D eigenvalue weighted by molar-refractivity contribution is 0.0630. The van der Waals surface area contributed by atoms with E-state index >= 15 is 0 Å².